The molecule has 0 spiro atoms. The summed E-state index contributed by atoms with van der Waals surface area (Å²) in [4.78, 5) is 21.2. The molecule has 7 heteroatoms. The van der Waals surface area contributed by atoms with Gasteiger partial charge in [0.05, 0.1) is 11.7 Å². The van der Waals surface area contributed by atoms with Crippen LogP contribution in [-0.2, 0) is 5.41 Å². The molecule has 0 N–H and O–H groups in total. The molecule has 2 fully saturated rings. The molecule has 1 aliphatic carbocycles. The average Bonchev–Trinajstić information content (AvgIpc) is 3.38. The zero-order valence-electron chi connectivity index (χ0n) is 15.9. The SMILES string of the molecule is CN(c1nccn(C2CC2)c1=O)C1CN(c2ccc(C(C)(C)C)nn2)C1. The van der Waals surface area contributed by atoms with Crippen molar-refractivity contribution < 1.29 is 0 Å². The monoisotopic (exact) mass is 354 g/mol. The average molecular weight is 354 g/mol. The first kappa shape index (κ1) is 17.0. The fraction of sp³-hybridized carbons (Fsp3) is 0.579. The minimum absolute atomic E-state index is 0.00364. The third-order valence-corrected chi connectivity index (χ3v) is 5.28. The van der Waals surface area contributed by atoms with Gasteiger partial charge < -0.3 is 14.4 Å². The Labute approximate surface area is 153 Å². The van der Waals surface area contributed by atoms with E-state index in [0.717, 1.165) is 37.4 Å². The fourth-order valence-electron chi connectivity index (χ4n) is 3.25. The van der Waals surface area contributed by atoms with Gasteiger partial charge in [-0.15, -0.1) is 5.10 Å². The van der Waals surface area contributed by atoms with E-state index >= 15 is 0 Å². The molecule has 2 aliphatic rings. The Hall–Kier alpha value is -2.44. The van der Waals surface area contributed by atoms with Crippen LogP contribution in [0.3, 0.4) is 0 Å². The molecule has 2 aromatic rings. The largest absolute Gasteiger partial charge is 0.351 e. The first-order valence-corrected chi connectivity index (χ1v) is 9.24. The minimum atomic E-state index is 0.00364. The predicted octanol–water partition coefficient (Wildman–Crippen LogP) is 1.99. The first-order valence-electron chi connectivity index (χ1n) is 9.24. The van der Waals surface area contributed by atoms with E-state index in [1.165, 1.54) is 0 Å². The van der Waals surface area contributed by atoms with Crippen LogP contribution in [0.1, 0.15) is 45.3 Å². The van der Waals surface area contributed by atoms with Crippen molar-refractivity contribution in [1.82, 2.24) is 19.7 Å². The Kier molecular flexibility index (Phi) is 3.97. The quantitative estimate of drug-likeness (QED) is 0.836. The second-order valence-electron chi connectivity index (χ2n) is 8.39. The van der Waals surface area contributed by atoms with Gasteiger partial charge in [-0.3, -0.25) is 4.79 Å². The Bertz CT molecular complexity index is 844. The Balaban J connectivity index is 1.43. The van der Waals surface area contributed by atoms with Gasteiger partial charge in [0, 0.05) is 44.0 Å². The van der Waals surface area contributed by atoms with E-state index in [-0.39, 0.29) is 17.0 Å². The van der Waals surface area contributed by atoms with E-state index in [4.69, 9.17) is 0 Å². The number of aromatic nitrogens is 4. The van der Waals surface area contributed by atoms with Crippen LogP contribution < -0.4 is 15.4 Å². The molecular weight excluding hydrogens is 328 g/mol. The van der Waals surface area contributed by atoms with Crippen LogP contribution >= 0.6 is 0 Å². The lowest BCUT2D eigenvalue weighted by molar-refractivity contribution is 0.482. The molecule has 2 aromatic heterocycles. The highest BCUT2D eigenvalue weighted by molar-refractivity contribution is 5.47. The van der Waals surface area contributed by atoms with Gasteiger partial charge in [0.1, 0.15) is 0 Å². The fourth-order valence-corrected chi connectivity index (χ4v) is 3.25. The van der Waals surface area contributed by atoms with Crippen LogP contribution in [0, 0.1) is 0 Å². The maximum absolute atomic E-state index is 12.6. The highest BCUT2D eigenvalue weighted by Gasteiger charge is 2.34. The zero-order valence-corrected chi connectivity index (χ0v) is 15.9. The summed E-state index contributed by atoms with van der Waals surface area (Å²) in [6.45, 7) is 8.03. The van der Waals surface area contributed by atoms with Crippen LogP contribution in [-0.4, -0.2) is 45.9 Å². The number of nitrogens with zero attached hydrogens (tertiary/aromatic N) is 6. The molecule has 26 heavy (non-hydrogen) atoms. The zero-order chi connectivity index (χ0) is 18.5. The molecule has 1 saturated heterocycles. The molecule has 0 unspecified atom stereocenters. The van der Waals surface area contributed by atoms with Gasteiger partial charge in [0.25, 0.3) is 5.56 Å². The lowest BCUT2D eigenvalue weighted by Gasteiger charge is -2.44. The molecule has 0 radical (unpaired) electrons. The van der Waals surface area contributed by atoms with Gasteiger partial charge in [0.2, 0.25) is 0 Å². The maximum Gasteiger partial charge on any atom is 0.293 e. The summed E-state index contributed by atoms with van der Waals surface area (Å²) in [6, 6.07) is 4.71. The second kappa shape index (κ2) is 6.07. The van der Waals surface area contributed by atoms with Gasteiger partial charge in [-0.2, -0.15) is 5.10 Å². The molecule has 0 amide bonds. The summed E-state index contributed by atoms with van der Waals surface area (Å²) in [5.41, 5.74) is 1.01. The molecule has 1 saturated carbocycles. The number of likely N-dealkylation sites (N-methyl/N-ethyl adjacent to an activating group) is 1. The lowest BCUT2D eigenvalue weighted by atomic mass is 9.92. The van der Waals surface area contributed by atoms with E-state index in [9.17, 15) is 4.79 Å². The minimum Gasteiger partial charge on any atom is -0.351 e. The summed E-state index contributed by atoms with van der Waals surface area (Å²) in [6.07, 6.45) is 5.72. The van der Waals surface area contributed by atoms with Gasteiger partial charge in [-0.05, 0) is 25.0 Å². The van der Waals surface area contributed by atoms with Crippen molar-refractivity contribution in [2.45, 2.75) is 51.1 Å². The van der Waals surface area contributed by atoms with Crippen LogP contribution in [0.4, 0.5) is 11.6 Å². The van der Waals surface area contributed by atoms with Crippen molar-refractivity contribution in [3.8, 4) is 0 Å². The molecule has 0 atom stereocenters. The molecule has 4 rings (SSSR count). The van der Waals surface area contributed by atoms with Crippen molar-refractivity contribution in [3.05, 3.63) is 40.6 Å². The highest BCUT2D eigenvalue weighted by atomic mass is 16.1. The Morgan fingerprint density at radius 3 is 2.46 bits per heavy atom. The van der Waals surface area contributed by atoms with Crippen molar-refractivity contribution in [2.75, 3.05) is 29.9 Å². The smallest absolute Gasteiger partial charge is 0.293 e. The third kappa shape index (κ3) is 3.06. The molecule has 7 nitrogen and oxygen atoms in total. The molecule has 0 bridgehead atoms. The summed E-state index contributed by atoms with van der Waals surface area (Å²) in [7, 11) is 1.96. The van der Waals surface area contributed by atoms with Crippen molar-refractivity contribution in [3.63, 3.8) is 0 Å². The van der Waals surface area contributed by atoms with E-state index in [0.29, 0.717) is 11.9 Å². The van der Waals surface area contributed by atoms with E-state index < -0.39 is 0 Å². The summed E-state index contributed by atoms with van der Waals surface area (Å²) in [5, 5.41) is 8.73. The molecule has 138 valence electrons. The molecule has 0 aromatic carbocycles. The normalized spacial score (nSPS) is 17.9. The summed E-state index contributed by atoms with van der Waals surface area (Å²) < 4.78 is 1.83. The standard InChI is InChI=1S/C19H26N6O/c1-19(2,3)15-7-8-16(22-21-15)24-11-14(12-24)23(4)17-18(26)25(10-9-20-17)13-5-6-13/h7-10,13-14H,5-6,11-12H2,1-4H3. The number of rotatable bonds is 4. The molecular formula is C19H26N6O. The van der Waals surface area contributed by atoms with E-state index in [1.54, 1.807) is 12.4 Å². The van der Waals surface area contributed by atoms with Crippen LogP contribution in [0.15, 0.2) is 29.3 Å². The first-order chi connectivity index (χ1) is 12.3. The van der Waals surface area contributed by atoms with Gasteiger partial charge in [-0.25, -0.2) is 4.98 Å². The van der Waals surface area contributed by atoms with Crippen LogP contribution in [0.25, 0.3) is 0 Å². The van der Waals surface area contributed by atoms with Crippen LogP contribution in [0.5, 0.6) is 0 Å². The van der Waals surface area contributed by atoms with Gasteiger partial charge in [0.15, 0.2) is 11.6 Å². The van der Waals surface area contributed by atoms with Crippen molar-refractivity contribution in [1.29, 1.82) is 0 Å². The second-order valence-corrected chi connectivity index (χ2v) is 8.39. The van der Waals surface area contributed by atoms with Gasteiger partial charge in [-0.1, -0.05) is 20.8 Å². The van der Waals surface area contributed by atoms with Crippen molar-refractivity contribution in [2.24, 2.45) is 0 Å². The van der Waals surface area contributed by atoms with E-state index in [2.05, 4.69) is 40.9 Å². The predicted molar refractivity (Wildman–Crippen MR) is 102 cm³/mol. The number of hydrogen-bond donors (Lipinski definition) is 0. The number of anilines is 2. The van der Waals surface area contributed by atoms with E-state index in [1.807, 2.05) is 28.6 Å². The molecule has 3 heterocycles. The van der Waals surface area contributed by atoms with Crippen LogP contribution in [0.2, 0.25) is 0 Å². The topological polar surface area (TPSA) is 67.2 Å². The third-order valence-electron chi connectivity index (χ3n) is 5.28. The Morgan fingerprint density at radius 2 is 1.88 bits per heavy atom. The van der Waals surface area contributed by atoms with Crippen molar-refractivity contribution >= 4 is 11.6 Å². The van der Waals surface area contributed by atoms with Gasteiger partial charge >= 0.3 is 0 Å². The molecule has 1 aliphatic heterocycles. The summed E-state index contributed by atoms with van der Waals surface area (Å²) in [5.74, 6) is 1.43. The number of hydrogen-bond acceptors (Lipinski definition) is 6. The lowest BCUT2D eigenvalue weighted by Crippen LogP contribution is -2.60. The highest BCUT2D eigenvalue weighted by Crippen LogP contribution is 2.33. The maximum atomic E-state index is 12.6. The summed E-state index contributed by atoms with van der Waals surface area (Å²) >= 11 is 0. The Morgan fingerprint density at radius 1 is 1.15 bits per heavy atom.